The Morgan fingerprint density at radius 2 is 1.96 bits per heavy atom. The number of anilines is 1. The summed E-state index contributed by atoms with van der Waals surface area (Å²) in [4.78, 5) is 12.7. The molecule has 0 unspecified atom stereocenters. The molecule has 0 radical (unpaired) electrons. The molecule has 0 aliphatic carbocycles. The van der Waals surface area contributed by atoms with Crippen LogP contribution in [0.1, 0.15) is 10.4 Å². The largest absolute Gasteiger partial charge is 0.497 e. The van der Waals surface area contributed by atoms with Gasteiger partial charge in [0, 0.05) is 6.07 Å². The zero-order valence-electron chi connectivity index (χ0n) is 13.1. The number of ether oxygens (including phenoxy) is 2. The minimum Gasteiger partial charge on any atom is -0.497 e. The molecule has 0 saturated heterocycles. The van der Waals surface area contributed by atoms with E-state index in [0.29, 0.717) is 28.4 Å². The number of carbonyl (C=O) groups excluding carboxylic acids is 1. The Morgan fingerprint density at radius 3 is 2.67 bits per heavy atom. The van der Waals surface area contributed by atoms with E-state index in [1.54, 1.807) is 43.5 Å². The van der Waals surface area contributed by atoms with Crippen molar-refractivity contribution in [3.63, 3.8) is 0 Å². The number of amides is 1. The summed E-state index contributed by atoms with van der Waals surface area (Å²) in [6.45, 7) is 0. The number of benzene rings is 2. The monoisotopic (exact) mass is 325 g/mol. The third-order valence-corrected chi connectivity index (χ3v) is 3.40. The SMILES string of the molecule is COc1ccc(NC(=O)c2ccccc2-n2cnnn2)c(OC)c1. The summed E-state index contributed by atoms with van der Waals surface area (Å²) >= 11 is 0. The lowest BCUT2D eigenvalue weighted by Gasteiger charge is -2.13. The van der Waals surface area contributed by atoms with Crippen LogP contribution in [-0.4, -0.2) is 40.3 Å². The van der Waals surface area contributed by atoms with Gasteiger partial charge in [-0.2, -0.15) is 4.68 Å². The normalized spacial score (nSPS) is 10.2. The van der Waals surface area contributed by atoms with Gasteiger partial charge < -0.3 is 14.8 Å². The molecule has 3 rings (SSSR count). The molecule has 0 atom stereocenters. The molecule has 3 aromatic rings. The second-order valence-corrected chi connectivity index (χ2v) is 4.79. The highest BCUT2D eigenvalue weighted by atomic mass is 16.5. The smallest absolute Gasteiger partial charge is 0.257 e. The van der Waals surface area contributed by atoms with Gasteiger partial charge in [0.15, 0.2) is 0 Å². The number of tetrazole rings is 1. The molecule has 2 aromatic carbocycles. The first-order valence-corrected chi connectivity index (χ1v) is 7.08. The number of rotatable bonds is 5. The fourth-order valence-corrected chi connectivity index (χ4v) is 2.23. The molecule has 122 valence electrons. The van der Waals surface area contributed by atoms with Crippen LogP contribution in [0.15, 0.2) is 48.8 Å². The van der Waals surface area contributed by atoms with Crippen LogP contribution >= 0.6 is 0 Å². The van der Waals surface area contributed by atoms with Crippen molar-refractivity contribution in [2.24, 2.45) is 0 Å². The molecule has 0 aliphatic rings. The average molecular weight is 325 g/mol. The Bertz CT molecular complexity index is 849. The Morgan fingerprint density at radius 1 is 1.12 bits per heavy atom. The number of methoxy groups -OCH3 is 2. The van der Waals surface area contributed by atoms with Crippen molar-refractivity contribution >= 4 is 11.6 Å². The van der Waals surface area contributed by atoms with Crippen LogP contribution in [0.2, 0.25) is 0 Å². The molecular weight excluding hydrogens is 310 g/mol. The van der Waals surface area contributed by atoms with Crippen LogP contribution in [-0.2, 0) is 0 Å². The maximum Gasteiger partial charge on any atom is 0.257 e. The molecule has 0 bridgehead atoms. The second-order valence-electron chi connectivity index (χ2n) is 4.79. The van der Waals surface area contributed by atoms with Crippen molar-refractivity contribution in [1.82, 2.24) is 20.2 Å². The number of hydrogen-bond donors (Lipinski definition) is 1. The zero-order chi connectivity index (χ0) is 16.9. The number of nitrogens with one attached hydrogen (secondary N) is 1. The Labute approximate surface area is 138 Å². The van der Waals surface area contributed by atoms with Crippen LogP contribution in [0.4, 0.5) is 5.69 Å². The zero-order valence-corrected chi connectivity index (χ0v) is 13.1. The van der Waals surface area contributed by atoms with Gasteiger partial charge >= 0.3 is 0 Å². The van der Waals surface area contributed by atoms with Crippen LogP contribution in [0.25, 0.3) is 5.69 Å². The number of carbonyl (C=O) groups is 1. The van der Waals surface area contributed by atoms with Crippen LogP contribution in [0, 0.1) is 0 Å². The van der Waals surface area contributed by atoms with E-state index < -0.39 is 0 Å². The molecule has 8 heteroatoms. The highest BCUT2D eigenvalue weighted by Gasteiger charge is 2.15. The van der Waals surface area contributed by atoms with Gasteiger partial charge in [0.05, 0.1) is 31.2 Å². The van der Waals surface area contributed by atoms with Crippen molar-refractivity contribution in [2.45, 2.75) is 0 Å². The van der Waals surface area contributed by atoms with Crippen molar-refractivity contribution < 1.29 is 14.3 Å². The molecule has 0 aliphatic heterocycles. The van der Waals surface area contributed by atoms with E-state index in [2.05, 4.69) is 20.8 Å². The number of nitrogens with zero attached hydrogens (tertiary/aromatic N) is 4. The lowest BCUT2D eigenvalue weighted by atomic mass is 10.1. The Kier molecular flexibility index (Phi) is 4.37. The first-order valence-electron chi connectivity index (χ1n) is 7.08. The van der Waals surface area contributed by atoms with Crippen molar-refractivity contribution in [2.75, 3.05) is 19.5 Å². The van der Waals surface area contributed by atoms with E-state index in [1.807, 2.05) is 6.07 Å². The lowest BCUT2D eigenvalue weighted by molar-refractivity contribution is 0.102. The van der Waals surface area contributed by atoms with Gasteiger partial charge in [-0.25, -0.2) is 0 Å². The molecule has 0 fully saturated rings. The molecule has 1 heterocycles. The standard InChI is InChI=1S/C16H15N5O3/c1-23-11-7-8-13(15(9-11)24-2)18-16(22)12-5-3-4-6-14(12)21-10-17-19-20-21/h3-10H,1-2H3,(H,18,22). The highest BCUT2D eigenvalue weighted by molar-refractivity contribution is 6.07. The summed E-state index contributed by atoms with van der Waals surface area (Å²) in [6.07, 6.45) is 1.43. The topological polar surface area (TPSA) is 91.2 Å². The molecule has 1 aromatic heterocycles. The number of aromatic nitrogens is 4. The quantitative estimate of drug-likeness (QED) is 0.771. The van der Waals surface area contributed by atoms with Gasteiger partial charge in [-0.3, -0.25) is 4.79 Å². The summed E-state index contributed by atoms with van der Waals surface area (Å²) < 4.78 is 11.9. The van der Waals surface area contributed by atoms with Gasteiger partial charge in [0.25, 0.3) is 5.91 Å². The molecule has 0 saturated carbocycles. The van der Waals surface area contributed by atoms with Crippen LogP contribution < -0.4 is 14.8 Å². The first kappa shape index (κ1) is 15.5. The molecule has 1 N–H and O–H groups in total. The summed E-state index contributed by atoms with van der Waals surface area (Å²) in [5.41, 5.74) is 1.55. The van der Waals surface area contributed by atoms with Crippen molar-refractivity contribution in [3.8, 4) is 17.2 Å². The van der Waals surface area contributed by atoms with E-state index in [4.69, 9.17) is 9.47 Å². The molecule has 1 amide bonds. The third kappa shape index (κ3) is 3.02. The molecular formula is C16H15N5O3. The third-order valence-electron chi connectivity index (χ3n) is 3.40. The predicted octanol–water partition coefficient (Wildman–Crippen LogP) is 1.93. The van der Waals surface area contributed by atoms with E-state index in [1.165, 1.54) is 18.1 Å². The van der Waals surface area contributed by atoms with E-state index in [9.17, 15) is 4.79 Å². The molecule has 8 nitrogen and oxygen atoms in total. The molecule has 24 heavy (non-hydrogen) atoms. The predicted molar refractivity (Wildman–Crippen MR) is 86.7 cm³/mol. The highest BCUT2D eigenvalue weighted by Crippen LogP contribution is 2.29. The van der Waals surface area contributed by atoms with Gasteiger partial charge in [0.1, 0.15) is 17.8 Å². The average Bonchev–Trinajstić information content (AvgIpc) is 3.16. The summed E-state index contributed by atoms with van der Waals surface area (Å²) in [7, 11) is 3.09. The molecule has 0 spiro atoms. The van der Waals surface area contributed by atoms with Crippen LogP contribution in [0.5, 0.6) is 11.5 Å². The van der Waals surface area contributed by atoms with E-state index >= 15 is 0 Å². The van der Waals surface area contributed by atoms with Gasteiger partial charge in [-0.15, -0.1) is 5.10 Å². The Hall–Kier alpha value is -3.42. The first-order chi connectivity index (χ1) is 11.7. The van der Waals surface area contributed by atoms with Gasteiger partial charge in [-0.05, 0) is 34.7 Å². The summed E-state index contributed by atoms with van der Waals surface area (Å²) in [6, 6.07) is 12.2. The second kappa shape index (κ2) is 6.78. The summed E-state index contributed by atoms with van der Waals surface area (Å²) in [5, 5.41) is 13.8. The number of para-hydroxylation sites is 1. The summed E-state index contributed by atoms with van der Waals surface area (Å²) in [5.74, 6) is 0.839. The maximum atomic E-state index is 12.7. The van der Waals surface area contributed by atoms with E-state index in [-0.39, 0.29) is 5.91 Å². The van der Waals surface area contributed by atoms with Crippen molar-refractivity contribution in [1.29, 1.82) is 0 Å². The Balaban J connectivity index is 1.92. The minimum absolute atomic E-state index is 0.301. The van der Waals surface area contributed by atoms with Gasteiger partial charge in [0.2, 0.25) is 0 Å². The van der Waals surface area contributed by atoms with E-state index in [0.717, 1.165) is 0 Å². The lowest BCUT2D eigenvalue weighted by Crippen LogP contribution is -2.16. The fraction of sp³-hybridized carbons (Fsp3) is 0.125. The number of hydrogen-bond acceptors (Lipinski definition) is 6. The minimum atomic E-state index is -0.301. The van der Waals surface area contributed by atoms with Gasteiger partial charge in [-0.1, -0.05) is 12.1 Å². The van der Waals surface area contributed by atoms with Crippen molar-refractivity contribution in [3.05, 3.63) is 54.4 Å². The van der Waals surface area contributed by atoms with Crippen LogP contribution in [0.3, 0.4) is 0 Å². The fourth-order valence-electron chi connectivity index (χ4n) is 2.23. The maximum absolute atomic E-state index is 12.7.